The molecule has 7 heteroatoms. The van der Waals surface area contributed by atoms with Crippen LogP contribution in [-0.2, 0) is 14.3 Å². The van der Waals surface area contributed by atoms with Crippen molar-refractivity contribution in [2.24, 2.45) is 0 Å². The third-order valence-electron chi connectivity index (χ3n) is 4.13. The van der Waals surface area contributed by atoms with Crippen LogP contribution >= 0.6 is 15.9 Å². The van der Waals surface area contributed by atoms with Gasteiger partial charge in [0.1, 0.15) is 6.61 Å². The van der Waals surface area contributed by atoms with Gasteiger partial charge in [-0.1, -0.05) is 34.1 Å². The molecule has 2 atom stereocenters. The number of hydrogen-bond donors (Lipinski definition) is 2. The summed E-state index contributed by atoms with van der Waals surface area (Å²) in [6, 6.07) is 6.56. The fourth-order valence-corrected chi connectivity index (χ4v) is 3.44. The molecule has 2 aliphatic heterocycles. The molecule has 1 aromatic carbocycles. The van der Waals surface area contributed by atoms with Gasteiger partial charge >= 0.3 is 12.0 Å². The lowest BCUT2D eigenvalue weighted by atomic mass is 9.95. The van der Waals surface area contributed by atoms with Gasteiger partial charge in [-0.05, 0) is 31.4 Å². The van der Waals surface area contributed by atoms with Gasteiger partial charge in [0.25, 0.3) is 0 Å². The van der Waals surface area contributed by atoms with Crippen LogP contribution in [0.5, 0.6) is 0 Å². The number of carbonyl (C=O) groups is 2. The molecule has 1 saturated heterocycles. The lowest BCUT2D eigenvalue weighted by Crippen LogP contribution is -2.45. The number of rotatable bonds is 4. The standard InChI is InChI=1S/C17H19BrN2O4/c1-10-14(16(21)24-9-11-5-4-8-23-11)15(20-17(22)19-10)12-6-2-3-7-13(12)18/h2-3,6-7,11,15H,4-5,8-9H2,1H3,(H2,19,20,22)/t11-,15-/m1/s1. The molecule has 0 bridgehead atoms. The summed E-state index contributed by atoms with van der Waals surface area (Å²) in [7, 11) is 0. The maximum atomic E-state index is 12.6. The molecule has 0 spiro atoms. The molecule has 0 aromatic heterocycles. The van der Waals surface area contributed by atoms with Crippen molar-refractivity contribution in [2.45, 2.75) is 31.9 Å². The summed E-state index contributed by atoms with van der Waals surface area (Å²) in [4.78, 5) is 24.5. The number of urea groups is 1. The van der Waals surface area contributed by atoms with Crippen molar-refractivity contribution in [1.29, 1.82) is 0 Å². The first-order valence-corrected chi connectivity index (χ1v) is 8.67. The van der Waals surface area contributed by atoms with Gasteiger partial charge in [0.15, 0.2) is 0 Å². The Labute approximate surface area is 148 Å². The molecule has 3 rings (SSSR count). The highest BCUT2D eigenvalue weighted by Gasteiger charge is 2.33. The Morgan fingerprint density at radius 3 is 2.92 bits per heavy atom. The van der Waals surface area contributed by atoms with Gasteiger partial charge in [-0.2, -0.15) is 0 Å². The van der Waals surface area contributed by atoms with Gasteiger partial charge in [-0.25, -0.2) is 9.59 Å². The second-order valence-corrected chi connectivity index (χ2v) is 6.68. The minimum Gasteiger partial charge on any atom is -0.459 e. The van der Waals surface area contributed by atoms with E-state index in [4.69, 9.17) is 9.47 Å². The van der Waals surface area contributed by atoms with E-state index in [-0.39, 0.29) is 18.7 Å². The summed E-state index contributed by atoms with van der Waals surface area (Å²) in [5.41, 5.74) is 1.70. The van der Waals surface area contributed by atoms with E-state index in [2.05, 4.69) is 26.6 Å². The summed E-state index contributed by atoms with van der Waals surface area (Å²) in [6.45, 7) is 2.64. The van der Waals surface area contributed by atoms with Crippen LogP contribution in [0.1, 0.15) is 31.4 Å². The van der Waals surface area contributed by atoms with Gasteiger partial charge in [-0.15, -0.1) is 0 Å². The predicted octanol–water partition coefficient (Wildman–Crippen LogP) is 2.80. The largest absolute Gasteiger partial charge is 0.459 e. The normalized spacial score (nSPS) is 23.7. The molecule has 0 radical (unpaired) electrons. The maximum Gasteiger partial charge on any atom is 0.338 e. The first kappa shape index (κ1) is 17.0. The smallest absolute Gasteiger partial charge is 0.338 e. The second kappa shape index (κ2) is 7.36. The number of esters is 1. The van der Waals surface area contributed by atoms with Crippen molar-refractivity contribution in [3.8, 4) is 0 Å². The van der Waals surface area contributed by atoms with Gasteiger partial charge in [-0.3, -0.25) is 0 Å². The predicted molar refractivity (Wildman–Crippen MR) is 91.2 cm³/mol. The van der Waals surface area contributed by atoms with Crippen LogP contribution in [0.15, 0.2) is 40.0 Å². The summed E-state index contributed by atoms with van der Waals surface area (Å²) >= 11 is 3.47. The van der Waals surface area contributed by atoms with Crippen molar-refractivity contribution >= 4 is 27.9 Å². The molecule has 2 amide bonds. The van der Waals surface area contributed by atoms with Crippen LogP contribution in [-0.4, -0.2) is 31.3 Å². The first-order valence-electron chi connectivity index (χ1n) is 7.87. The number of nitrogens with one attached hydrogen (secondary N) is 2. The van der Waals surface area contributed by atoms with Gasteiger partial charge < -0.3 is 20.1 Å². The van der Waals surface area contributed by atoms with Crippen LogP contribution in [0, 0.1) is 0 Å². The number of halogens is 1. The van der Waals surface area contributed by atoms with Crippen LogP contribution in [0.2, 0.25) is 0 Å². The van der Waals surface area contributed by atoms with E-state index in [1.165, 1.54) is 0 Å². The molecule has 0 aliphatic carbocycles. The van der Waals surface area contributed by atoms with E-state index in [1.807, 2.05) is 24.3 Å². The molecule has 24 heavy (non-hydrogen) atoms. The number of benzene rings is 1. The molecular formula is C17H19BrN2O4. The highest BCUT2D eigenvalue weighted by molar-refractivity contribution is 9.10. The van der Waals surface area contributed by atoms with Gasteiger partial charge in [0, 0.05) is 16.8 Å². The molecule has 0 unspecified atom stereocenters. The SMILES string of the molecule is CC1=C(C(=O)OC[C@H]2CCCO2)[C@@H](c2ccccc2Br)NC(=O)N1. The fraction of sp³-hybridized carbons (Fsp3) is 0.412. The Morgan fingerprint density at radius 1 is 1.42 bits per heavy atom. The topological polar surface area (TPSA) is 76.7 Å². The molecule has 0 saturated carbocycles. The van der Waals surface area contributed by atoms with E-state index < -0.39 is 12.0 Å². The van der Waals surface area contributed by atoms with Crippen molar-refractivity contribution in [3.05, 3.63) is 45.6 Å². The van der Waals surface area contributed by atoms with Crippen molar-refractivity contribution in [1.82, 2.24) is 10.6 Å². The quantitative estimate of drug-likeness (QED) is 0.769. The van der Waals surface area contributed by atoms with E-state index >= 15 is 0 Å². The van der Waals surface area contributed by atoms with Gasteiger partial charge in [0.2, 0.25) is 0 Å². The Bertz CT molecular complexity index is 683. The zero-order valence-corrected chi connectivity index (χ0v) is 14.9. The van der Waals surface area contributed by atoms with E-state index in [9.17, 15) is 9.59 Å². The lowest BCUT2D eigenvalue weighted by molar-refractivity contribution is -0.142. The number of ether oxygens (including phenoxy) is 2. The third-order valence-corrected chi connectivity index (χ3v) is 4.85. The Kier molecular flexibility index (Phi) is 5.20. The zero-order chi connectivity index (χ0) is 17.1. The van der Waals surface area contributed by atoms with Crippen molar-refractivity contribution < 1.29 is 19.1 Å². The van der Waals surface area contributed by atoms with E-state index in [1.54, 1.807) is 6.92 Å². The average molecular weight is 395 g/mol. The molecule has 2 N–H and O–H groups in total. The molecule has 6 nitrogen and oxygen atoms in total. The molecule has 2 heterocycles. The van der Waals surface area contributed by atoms with Crippen LogP contribution in [0.4, 0.5) is 4.79 Å². The summed E-state index contributed by atoms with van der Waals surface area (Å²) in [6.07, 6.45) is 1.85. The Balaban J connectivity index is 1.83. The number of allylic oxidation sites excluding steroid dienone is 1. The first-order chi connectivity index (χ1) is 11.6. The number of amides is 2. The van der Waals surface area contributed by atoms with Gasteiger partial charge in [0.05, 0.1) is 17.7 Å². The molecule has 1 fully saturated rings. The summed E-state index contributed by atoms with van der Waals surface area (Å²) in [5, 5.41) is 5.43. The summed E-state index contributed by atoms with van der Waals surface area (Å²) in [5.74, 6) is -0.448. The Hall–Kier alpha value is -1.86. The summed E-state index contributed by atoms with van der Waals surface area (Å²) < 4.78 is 11.7. The average Bonchev–Trinajstić information content (AvgIpc) is 3.06. The zero-order valence-electron chi connectivity index (χ0n) is 13.3. The minimum absolute atomic E-state index is 0.0390. The number of carbonyl (C=O) groups excluding carboxylic acids is 2. The highest BCUT2D eigenvalue weighted by Crippen LogP contribution is 2.32. The minimum atomic E-state index is -0.564. The van der Waals surface area contributed by atoms with Crippen molar-refractivity contribution in [2.75, 3.05) is 13.2 Å². The maximum absolute atomic E-state index is 12.6. The second-order valence-electron chi connectivity index (χ2n) is 5.83. The monoisotopic (exact) mass is 394 g/mol. The van der Waals surface area contributed by atoms with Crippen molar-refractivity contribution in [3.63, 3.8) is 0 Å². The highest BCUT2D eigenvalue weighted by atomic mass is 79.9. The Morgan fingerprint density at radius 2 is 2.21 bits per heavy atom. The lowest BCUT2D eigenvalue weighted by Gasteiger charge is -2.29. The molecular weight excluding hydrogens is 376 g/mol. The van der Waals surface area contributed by atoms with E-state index in [0.29, 0.717) is 17.9 Å². The number of hydrogen-bond acceptors (Lipinski definition) is 4. The molecule has 1 aromatic rings. The molecule has 128 valence electrons. The third kappa shape index (κ3) is 3.62. The van der Waals surface area contributed by atoms with E-state index in [0.717, 1.165) is 22.9 Å². The fourth-order valence-electron chi connectivity index (χ4n) is 2.93. The van der Waals surface area contributed by atoms with Crippen LogP contribution in [0.3, 0.4) is 0 Å². The molecule has 2 aliphatic rings. The van der Waals surface area contributed by atoms with Crippen LogP contribution < -0.4 is 10.6 Å². The van der Waals surface area contributed by atoms with Crippen LogP contribution in [0.25, 0.3) is 0 Å².